The van der Waals surface area contributed by atoms with Gasteiger partial charge >= 0.3 is 0 Å². The topological polar surface area (TPSA) is 239 Å². The summed E-state index contributed by atoms with van der Waals surface area (Å²) in [6.07, 6.45) is 4.24. The van der Waals surface area contributed by atoms with E-state index in [9.17, 15) is 31.2 Å². The van der Waals surface area contributed by atoms with E-state index in [1.807, 2.05) is 6.07 Å². The molecule has 0 aliphatic rings. The van der Waals surface area contributed by atoms with Crippen LogP contribution in [0.25, 0.3) is 17.3 Å². The van der Waals surface area contributed by atoms with E-state index in [0.717, 1.165) is 29.1 Å². The molecule has 0 unspecified atom stereocenters. The minimum Gasteiger partial charge on any atom is -0.292 e. The number of aromatic amines is 1. The molecule has 17 nitrogen and oxygen atoms in total. The lowest BCUT2D eigenvalue weighted by Gasteiger charge is -2.10. The van der Waals surface area contributed by atoms with Gasteiger partial charge in [0, 0.05) is 12.4 Å². The number of aryl methyl sites for hydroxylation is 1. The molecule has 0 radical (unpaired) electrons. The van der Waals surface area contributed by atoms with Gasteiger partial charge in [-0.15, -0.1) is 20.4 Å². The number of hydrogen-bond donors (Lipinski definition) is 3. The Kier molecular flexibility index (Phi) is 5.45. The molecule has 0 saturated heterocycles. The van der Waals surface area contributed by atoms with Crippen molar-refractivity contribution in [3.05, 3.63) is 54.1 Å². The summed E-state index contributed by atoms with van der Waals surface area (Å²) in [6.45, 7) is 1.67. The highest BCUT2D eigenvalue weighted by atomic mass is 32.2. The first-order valence-electron chi connectivity index (χ1n) is 9.92. The predicted molar refractivity (Wildman–Crippen MR) is 121 cm³/mol. The summed E-state index contributed by atoms with van der Waals surface area (Å²) in [6, 6.07) is 5.81. The summed E-state index contributed by atoms with van der Waals surface area (Å²) in [5.74, 6) is 0.0255. The Morgan fingerprint density at radius 2 is 1.86 bits per heavy atom. The van der Waals surface area contributed by atoms with Crippen molar-refractivity contribution >= 4 is 37.4 Å². The lowest BCUT2D eigenvalue weighted by molar-refractivity contribution is 0.477. The van der Waals surface area contributed by atoms with E-state index in [2.05, 4.69) is 35.7 Å². The first kappa shape index (κ1) is 23.9. The van der Waals surface area contributed by atoms with Crippen molar-refractivity contribution in [1.82, 2.24) is 39.4 Å². The van der Waals surface area contributed by atoms with Crippen LogP contribution in [-0.2, 0) is 20.2 Å². The molecule has 0 bridgehead atoms. The SMILES string of the molecule is Cc1[nH]n2c(-n3cccn3)nnc2c1N=Nc1c(C#N)cnn1-c1cc(S(=O)(=O)O)ccc1S(=O)(=O)O. The van der Waals surface area contributed by atoms with E-state index >= 15 is 0 Å². The largest absolute Gasteiger partial charge is 0.296 e. The van der Waals surface area contributed by atoms with Crippen molar-refractivity contribution in [3.63, 3.8) is 0 Å². The van der Waals surface area contributed by atoms with Gasteiger partial charge < -0.3 is 0 Å². The molecule has 0 aliphatic carbocycles. The van der Waals surface area contributed by atoms with Crippen LogP contribution in [-0.4, -0.2) is 65.3 Å². The molecule has 37 heavy (non-hydrogen) atoms. The van der Waals surface area contributed by atoms with E-state index in [1.54, 1.807) is 25.4 Å². The minimum absolute atomic E-state index is 0.162. The lowest BCUT2D eigenvalue weighted by Crippen LogP contribution is -2.09. The number of hydrogen-bond acceptors (Lipinski definition) is 11. The van der Waals surface area contributed by atoms with Crippen molar-refractivity contribution < 1.29 is 25.9 Å². The summed E-state index contributed by atoms with van der Waals surface area (Å²) in [5.41, 5.74) is 0.295. The Bertz CT molecular complexity index is 1960. The summed E-state index contributed by atoms with van der Waals surface area (Å²) in [4.78, 5) is -1.45. The van der Waals surface area contributed by atoms with Crippen LogP contribution in [0.1, 0.15) is 11.3 Å². The van der Waals surface area contributed by atoms with E-state index in [0.29, 0.717) is 11.6 Å². The van der Waals surface area contributed by atoms with Crippen LogP contribution in [0.15, 0.2) is 62.9 Å². The number of fused-ring (bicyclic) bond motifs is 1. The Hall–Kier alpha value is -4.77. The first-order valence-corrected chi connectivity index (χ1v) is 12.8. The fourth-order valence-corrected chi connectivity index (χ4v) is 4.56. The van der Waals surface area contributed by atoms with Crippen molar-refractivity contribution in [2.24, 2.45) is 10.2 Å². The van der Waals surface area contributed by atoms with Crippen LogP contribution in [0, 0.1) is 18.3 Å². The average Bonchev–Trinajstić information content (AvgIpc) is 3.61. The summed E-state index contributed by atoms with van der Waals surface area (Å²) >= 11 is 0. The maximum absolute atomic E-state index is 12.0. The second-order valence-electron chi connectivity index (χ2n) is 7.38. The normalized spacial score (nSPS) is 12.5. The fraction of sp³-hybridized carbons (Fsp3) is 0.0556. The maximum atomic E-state index is 12.0. The van der Waals surface area contributed by atoms with Crippen molar-refractivity contribution in [3.8, 4) is 17.7 Å². The second-order valence-corrected chi connectivity index (χ2v) is 10.2. The molecule has 5 aromatic rings. The Labute approximate surface area is 206 Å². The number of nitriles is 1. The quantitative estimate of drug-likeness (QED) is 0.205. The third-order valence-corrected chi connectivity index (χ3v) is 6.80. The van der Waals surface area contributed by atoms with Crippen molar-refractivity contribution in [2.45, 2.75) is 16.7 Å². The predicted octanol–water partition coefficient (Wildman–Crippen LogP) is 1.52. The van der Waals surface area contributed by atoms with Gasteiger partial charge in [-0.2, -0.15) is 36.8 Å². The Morgan fingerprint density at radius 1 is 1.08 bits per heavy atom. The van der Waals surface area contributed by atoms with Gasteiger partial charge in [-0.3, -0.25) is 14.2 Å². The Balaban J connectivity index is 1.68. The molecule has 4 aromatic heterocycles. The molecule has 0 amide bonds. The molecule has 188 valence electrons. The number of H-pyrrole nitrogens is 1. The highest BCUT2D eigenvalue weighted by molar-refractivity contribution is 7.86. The average molecular weight is 544 g/mol. The molecular formula is C18H13N11O6S2. The maximum Gasteiger partial charge on any atom is 0.296 e. The zero-order valence-corrected chi connectivity index (χ0v) is 20.0. The molecule has 0 atom stereocenters. The molecule has 0 spiro atoms. The van der Waals surface area contributed by atoms with Gasteiger partial charge in [0.2, 0.25) is 5.65 Å². The standard InChI is InChI=1S/C18H13N11O6S2/c1-10-15(17-24-25-18(29(17)26-10)27-6-2-5-20-27)22-23-16-11(8-19)9-21-28(16)13-7-12(36(30,31)32)3-4-14(13)37(33,34)35/h2-7,9,26H,1H3,(H,30,31,32)(H,33,34,35). The highest BCUT2D eigenvalue weighted by Crippen LogP contribution is 2.32. The van der Waals surface area contributed by atoms with Crippen LogP contribution in [0.3, 0.4) is 0 Å². The second kappa shape index (κ2) is 8.42. The van der Waals surface area contributed by atoms with Gasteiger partial charge in [0.25, 0.3) is 26.2 Å². The number of nitrogens with one attached hydrogen (secondary N) is 1. The third-order valence-electron chi connectivity index (χ3n) is 5.05. The van der Waals surface area contributed by atoms with Crippen LogP contribution >= 0.6 is 0 Å². The van der Waals surface area contributed by atoms with Crippen LogP contribution in [0.2, 0.25) is 0 Å². The first-order chi connectivity index (χ1) is 17.5. The lowest BCUT2D eigenvalue weighted by atomic mass is 10.3. The third kappa shape index (κ3) is 4.15. The fourth-order valence-electron chi connectivity index (χ4n) is 3.41. The van der Waals surface area contributed by atoms with Gasteiger partial charge in [-0.05, 0) is 31.2 Å². The number of rotatable bonds is 6. The molecule has 0 aliphatic heterocycles. The van der Waals surface area contributed by atoms with Crippen LogP contribution < -0.4 is 0 Å². The molecule has 3 N–H and O–H groups in total. The zero-order valence-electron chi connectivity index (χ0n) is 18.4. The molecule has 0 saturated carbocycles. The summed E-state index contributed by atoms with van der Waals surface area (Å²) < 4.78 is 70.0. The van der Waals surface area contributed by atoms with E-state index in [1.165, 1.54) is 9.20 Å². The van der Waals surface area contributed by atoms with Crippen LogP contribution in [0.4, 0.5) is 11.5 Å². The molecule has 19 heteroatoms. The van der Waals surface area contributed by atoms with E-state index in [4.69, 9.17) is 0 Å². The minimum atomic E-state index is -4.90. The Morgan fingerprint density at radius 3 is 2.51 bits per heavy atom. The molecule has 4 heterocycles. The smallest absolute Gasteiger partial charge is 0.292 e. The van der Waals surface area contributed by atoms with Crippen molar-refractivity contribution in [2.75, 3.05) is 0 Å². The van der Waals surface area contributed by atoms with Crippen LogP contribution in [0.5, 0.6) is 0 Å². The van der Waals surface area contributed by atoms with Gasteiger partial charge in [0.15, 0.2) is 11.5 Å². The van der Waals surface area contributed by atoms with E-state index < -0.39 is 35.7 Å². The highest BCUT2D eigenvalue weighted by Gasteiger charge is 2.24. The molecule has 5 rings (SSSR count). The number of aromatic nitrogens is 8. The summed E-state index contributed by atoms with van der Waals surface area (Å²) in [5, 5.41) is 36.9. The monoisotopic (exact) mass is 543 g/mol. The van der Waals surface area contributed by atoms with Gasteiger partial charge in [0.1, 0.15) is 16.5 Å². The van der Waals surface area contributed by atoms with Gasteiger partial charge in [-0.25, -0.2) is 9.36 Å². The van der Waals surface area contributed by atoms with Gasteiger partial charge in [-0.1, -0.05) is 0 Å². The number of azo groups is 1. The summed E-state index contributed by atoms with van der Waals surface area (Å²) in [7, 11) is -9.66. The van der Waals surface area contributed by atoms with Crippen molar-refractivity contribution in [1.29, 1.82) is 5.26 Å². The van der Waals surface area contributed by atoms with Gasteiger partial charge in [0.05, 0.1) is 22.5 Å². The molecule has 0 fully saturated rings. The molecule has 1 aromatic carbocycles. The van der Waals surface area contributed by atoms with E-state index in [-0.39, 0.29) is 22.7 Å². The zero-order chi connectivity index (χ0) is 26.5. The number of benzene rings is 1. The molecular weight excluding hydrogens is 530 g/mol. The number of nitrogens with zero attached hydrogens (tertiary/aromatic N) is 10.